The van der Waals surface area contributed by atoms with Crippen LogP contribution in [0.3, 0.4) is 0 Å². The number of hydrogen-bond acceptors (Lipinski definition) is 4. The largest absolute Gasteiger partial charge is 0.497 e. The quantitative estimate of drug-likeness (QED) is 0.137. The van der Waals surface area contributed by atoms with E-state index >= 15 is 0 Å². The van der Waals surface area contributed by atoms with E-state index < -0.39 is 18.3 Å². The minimum Gasteiger partial charge on any atom is -0.497 e. The molecule has 40 heavy (non-hydrogen) atoms. The lowest BCUT2D eigenvalue weighted by molar-refractivity contribution is -0.142. The zero-order valence-corrected chi connectivity index (χ0v) is 23.1. The van der Waals surface area contributed by atoms with Crippen LogP contribution < -0.4 is 4.74 Å². The Morgan fingerprint density at radius 1 is 0.550 bits per heavy atom. The number of hydrogen-bond donors (Lipinski definition) is 0. The lowest BCUT2D eigenvalue weighted by Gasteiger charge is -2.36. The van der Waals surface area contributed by atoms with E-state index in [1.165, 1.54) is 0 Å². The van der Waals surface area contributed by atoms with Crippen molar-refractivity contribution in [2.24, 2.45) is 0 Å². The number of methoxy groups -OCH3 is 1. The second kappa shape index (κ2) is 15.6. The van der Waals surface area contributed by atoms with Gasteiger partial charge in [-0.25, -0.2) is 0 Å². The first kappa shape index (κ1) is 29.0. The standard InChI is InChI=1S/C36H38O4/c1-4-33(31-21-23-32(37-3)24-22-31)35(39-26-29-17-11-7-12-18-29)36(40-27-30-19-13-8-14-20-30)34(5-2)38-25-28-15-9-6-10-16-28/h4-24,33-36H,1-2,25-27H2,3H3/t33-,34-,35+,36+/m0/s1. The monoisotopic (exact) mass is 534 g/mol. The van der Waals surface area contributed by atoms with E-state index in [-0.39, 0.29) is 5.92 Å². The summed E-state index contributed by atoms with van der Waals surface area (Å²) in [5.74, 6) is 0.610. The summed E-state index contributed by atoms with van der Waals surface area (Å²) < 4.78 is 25.2. The van der Waals surface area contributed by atoms with E-state index in [4.69, 9.17) is 18.9 Å². The number of rotatable bonds is 16. The van der Waals surface area contributed by atoms with Crippen molar-refractivity contribution in [1.29, 1.82) is 0 Å². The summed E-state index contributed by atoms with van der Waals surface area (Å²) in [6, 6.07) is 38.4. The molecule has 0 bridgehead atoms. The first-order chi connectivity index (χ1) is 19.7. The molecule has 0 aliphatic carbocycles. The van der Waals surface area contributed by atoms with Crippen LogP contribution >= 0.6 is 0 Å². The molecule has 4 atom stereocenters. The lowest BCUT2D eigenvalue weighted by Crippen LogP contribution is -2.44. The van der Waals surface area contributed by atoms with Crippen LogP contribution in [0.15, 0.2) is 141 Å². The Bertz CT molecular complexity index is 1270. The molecule has 0 saturated heterocycles. The van der Waals surface area contributed by atoms with Crippen LogP contribution in [0.25, 0.3) is 0 Å². The van der Waals surface area contributed by atoms with Crippen LogP contribution in [-0.4, -0.2) is 25.4 Å². The van der Waals surface area contributed by atoms with Gasteiger partial charge in [-0.15, -0.1) is 13.2 Å². The van der Waals surface area contributed by atoms with Gasteiger partial charge in [0.2, 0.25) is 0 Å². The molecule has 0 amide bonds. The summed E-state index contributed by atoms with van der Waals surface area (Å²) >= 11 is 0. The molecule has 0 aliphatic heterocycles. The van der Waals surface area contributed by atoms with Crippen LogP contribution in [-0.2, 0) is 34.0 Å². The number of benzene rings is 4. The fourth-order valence-electron chi connectivity index (χ4n) is 4.66. The van der Waals surface area contributed by atoms with Gasteiger partial charge in [-0.05, 0) is 34.4 Å². The van der Waals surface area contributed by atoms with E-state index in [2.05, 4.69) is 37.4 Å². The summed E-state index contributed by atoms with van der Waals surface area (Å²) in [4.78, 5) is 0. The molecule has 0 aromatic heterocycles. The fraction of sp³-hybridized carbons (Fsp3) is 0.222. The maximum atomic E-state index is 6.72. The lowest BCUT2D eigenvalue weighted by atomic mass is 9.88. The maximum Gasteiger partial charge on any atom is 0.118 e. The van der Waals surface area contributed by atoms with E-state index in [9.17, 15) is 0 Å². The molecule has 4 nitrogen and oxygen atoms in total. The highest BCUT2D eigenvalue weighted by atomic mass is 16.6. The highest BCUT2D eigenvalue weighted by molar-refractivity contribution is 5.33. The van der Waals surface area contributed by atoms with Gasteiger partial charge < -0.3 is 18.9 Å². The SMILES string of the molecule is C=C[C@H](OCc1ccccc1)[C@@H](OCc1ccccc1)[C@H](OCc1ccccc1)[C@@H](C=C)c1ccc(OC)cc1. The molecule has 0 heterocycles. The van der Waals surface area contributed by atoms with Gasteiger partial charge in [-0.3, -0.25) is 0 Å². The van der Waals surface area contributed by atoms with Crippen LogP contribution in [0, 0.1) is 0 Å². The van der Waals surface area contributed by atoms with Crippen molar-refractivity contribution in [3.05, 3.63) is 163 Å². The second-order valence-electron chi connectivity index (χ2n) is 9.55. The third-order valence-electron chi connectivity index (χ3n) is 6.84. The van der Waals surface area contributed by atoms with Gasteiger partial charge in [0.05, 0.1) is 33.0 Å². The minimum absolute atomic E-state index is 0.182. The molecule has 0 saturated carbocycles. The first-order valence-corrected chi connectivity index (χ1v) is 13.6. The summed E-state index contributed by atoms with van der Waals surface area (Å²) in [6.45, 7) is 9.58. The van der Waals surface area contributed by atoms with E-state index in [0.717, 1.165) is 28.0 Å². The van der Waals surface area contributed by atoms with Crippen molar-refractivity contribution in [1.82, 2.24) is 0 Å². The molecule has 4 aromatic carbocycles. The zero-order chi connectivity index (χ0) is 28.0. The molecular formula is C36H38O4. The second-order valence-corrected chi connectivity index (χ2v) is 9.55. The zero-order valence-electron chi connectivity index (χ0n) is 23.1. The van der Waals surface area contributed by atoms with Crippen molar-refractivity contribution in [3.8, 4) is 5.75 Å². The average Bonchev–Trinajstić information content (AvgIpc) is 3.03. The van der Waals surface area contributed by atoms with Gasteiger partial charge in [0, 0.05) is 5.92 Å². The van der Waals surface area contributed by atoms with E-state index in [1.807, 2.05) is 103 Å². The minimum atomic E-state index is -0.477. The molecular weight excluding hydrogens is 496 g/mol. The Kier molecular flexibility index (Phi) is 11.3. The molecule has 0 aliphatic rings. The Balaban J connectivity index is 1.68. The molecule has 4 rings (SSSR count). The molecule has 0 fully saturated rings. The van der Waals surface area contributed by atoms with Crippen LogP contribution in [0.1, 0.15) is 28.2 Å². The molecule has 0 unspecified atom stereocenters. The summed E-state index contributed by atoms with van der Waals surface area (Å²) in [5, 5.41) is 0. The normalized spacial score (nSPS) is 14.0. The maximum absolute atomic E-state index is 6.72. The Labute approximate surface area is 238 Å². The van der Waals surface area contributed by atoms with Crippen molar-refractivity contribution < 1.29 is 18.9 Å². The molecule has 4 heteroatoms. The van der Waals surface area contributed by atoms with Crippen molar-refractivity contribution in [2.45, 2.75) is 44.1 Å². The molecule has 4 aromatic rings. The Hall–Kier alpha value is -3.96. The molecule has 206 valence electrons. The van der Waals surface area contributed by atoms with E-state index in [0.29, 0.717) is 19.8 Å². The van der Waals surface area contributed by atoms with Gasteiger partial charge in [0.15, 0.2) is 0 Å². The molecule has 0 radical (unpaired) electrons. The first-order valence-electron chi connectivity index (χ1n) is 13.6. The van der Waals surface area contributed by atoms with Crippen LogP contribution in [0.5, 0.6) is 5.75 Å². The van der Waals surface area contributed by atoms with Gasteiger partial charge >= 0.3 is 0 Å². The highest BCUT2D eigenvalue weighted by Crippen LogP contribution is 2.32. The summed E-state index contributed by atoms with van der Waals surface area (Å²) in [7, 11) is 1.66. The van der Waals surface area contributed by atoms with Gasteiger partial charge in [-0.1, -0.05) is 115 Å². The fourth-order valence-corrected chi connectivity index (χ4v) is 4.66. The van der Waals surface area contributed by atoms with Crippen molar-refractivity contribution in [3.63, 3.8) is 0 Å². The Morgan fingerprint density at radius 3 is 1.43 bits per heavy atom. The van der Waals surface area contributed by atoms with Gasteiger partial charge in [-0.2, -0.15) is 0 Å². The van der Waals surface area contributed by atoms with Crippen LogP contribution in [0.2, 0.25) is 0 Å². The van der Waals surface area contributed by atoms with E-state index in [1.54, 1.807) is 7.11 Å². The predicted octanol–water partition coefficient (Wildman–Crippen LogP) is 7.91. The summed E-state index contributed by atoms with van der Waals surface area (Å²) in [5.41, 5.74) is 4.27. The average molecular weight is 535 g/mol. The third kappa shape index (κ3) is 8.27. The van der Waals surface area contributed by atoms with Crippen molar-refractivity contribution >= 4 is 0 Å². The van der Waals surface area contributed by atoms with Crippen LogP contribution in [0.4, 0.5) is 0 Å². The molecule has 0 N–H and O–H groups in total. The summed E-state index contributed by atoms with van der Waals surface area (Å²) in [6.07, 6.45) is 2.40. The highest BCUT2D eigenvalue weighted by Gasteiger charge is 2.36. The molecule has 0 spiro atoms. The smallest absolute Gasteiger partial charge is 0.118 e. The van der Waals surface area contributed by atoms with Gasteiger partial charge in [0.25, 0.3) is 0 Å². The number of ether oxygens (including phenoxy) is 4. The predicted molar refractivity (Wildman–Crippen MR) is 161 cm³/mol. The van der Waals surface area contributed by atoms with Gasteiger partial charge in [0.1, 0.15) is 18.0 Å². The third-order valence-corrected chi connectivity index (χ3v) is 6.84. The Morgan fingerprint density at radius 2 is 1.00 bits per heavy atom. The topological polar surface area (TPSA) is 36.9 Å². The van der Waals surface area contributed by atoms with Crippen molar-refractivity contribution in [2.75, 3.05) is 7.11 Å².